The lowest BCUT2D eigenvalue weighted by Gasteiger charge is -2.35. The highest BCUT2D eigenvalue weighted by Gasteiger charge is 2.18. The van der Waals surface area contributed by atoms with Crippen LogP contribution in [0.3, 0.4) is 0 Å². The molecule has 3 rings (SSSR count). The molecule has 0 spiro atoms. The summed E-state index contributed by atoms with van der Waals surface area (Å²) in [6, 6.07) is 10.7. The molecule has 0 bridgehead atoms. The Kier molecular flexibility index (Phi) is 7.14. The van der Waals surface area contributed by atoms with Crippen molar-refractivity contribution in [3.05, 3.63) is 48.2 Å². The summed E-state index contributed by atoms with van der Waals surface area (Å²) in [5.41, 5.74) is 1.59. The molecule has 7 heteroatoms. The minimum atomic E-state index is -3.62. The molecular weight excluding hydrogens is 384 g/mol. The van der Waals surface area contributed by atoms with Gasteiger partial charge in [0.2, 0.25) is 0 Å². The quantitative estimate of drug-likeness (QED) is 0.706. The number of nitrogens with one attached hydrogen (secondary N) is 1. The Morgan fingerprint density at radius 2 is 1.72 bits per heavy atom. The minimum absolute atomic E-state index is 0.258. The summed E-state index contributed by atoms with van der Waals surface area (Å²) in [6.45, 7) is 11.5. The number of anilines is 2. The molecular formula is C22H32N4O2S. The first-order valence-corrected chi connectivity index (χ1v) is 11.9. The molecule has 1 aromatic carbocycles. The van der Waals surface area contributed by atoms with Gasteiger partial charge in [-0.05, 0) is 48.7 Å². The molecule has 2 aromatic rings. The highest BCUT2D eigenvalue weighted by molar-refractivity contribution is 7.92. The molecule has 0 amide bonds. The van der Waals surface area contributed by atoms with Crippen molar-refractivity contribution in [2.24, 2.45) is 0 Å². The average Bonchev–Trinajstić information content (AvgIpc) is 2.73. The molecule has 1 fully saturated rings. The van der Waals surface area contributed by atoms with Gasteiger partial charge in [0.05, 0.1) is 16.8 Å². The van der Waals surface area contributed by atoms with E-state index in [0.29, 0.717) is 11.6 Å². The molecule has 0 saturated carbocycles. The first-order chi connectivity index (χ1) is 13.9. The maximum absolute atomic E-state index is 12.6. The van der Waals surface area contributed by atoms with Crippen molar-refractivity contribution in [3.8, 4) is 0 Å². The van der Waals surface area contributed by atoms with Crippen LogP contribution in [-0.2, 0) is 10.0 Å². The van der Waals surface area contributed by atoms with Gasteiger partial charge in [-0.25, -0.2) is 13.4 Å². The van der Waals surface area contributed by atoms with E-state index in [9.17, 15) is 8.42 Å². The smallest absolute Gasteiger partial charge is 0.261 e. The Labute approximate surface area is 175 Å². The van der Waals surface area contributed by atoms with E-state index >= 15 is 0 Å². The van der Waals surface area contributed by atoms with Crippen molar-refractivity contribution >= 4 is 21.5 Å². The third kappa shape index (κ3) is 5.70. The van der Waals surface area contributed by atoms with Gasteiger partial charge >= 0.3 is 0 Å². The second-order valence-electron chi connectivity index (χ2n) is 7.92. The maximum atomic E-state index is 12.6. The molecule has 1 N–H and O–H groups in total. The van der Waals surface area contributed by atoms with Crippen molar-refractivity contribution in [1.29, 1.82) is 0 Å². The predicted octanol–water partition coefficient (Wildman–Crippen LogP) is 3.93. The first-order valence-electron chi connectivity index (χ1n) is 10.4. The number of sulfonamides is 1. The van der Waals surface area contributed by atoms with E-state index in [2.05, 4.69) is 40.3 Å². The summed E-state index contributed by atoms with van der Waals surface area (Å²) in [5, 5.41) is 0. The Hall–Kier alpha value is -2.12. The molecule has 2 heterocycles. The SMILES string of the molecule is CCCCN1CCN(c2ccc(NS(=O)(=O)c3ccc(C(C)C)cc3)cn2)CC1. The summed E-state index contributed by atoms with van der Waals surface area (Å²) in [5.74, 6) is 1.26. The van der Waals surface area contributed by atoms with Crippen molar-refractivity contribution in [1.82, 2.24) is 9.88 Å². The number of rotatable bonds is 8. The summed E-state index contributed by atoms with van der Waals surface area (Å²) in [6.07, 6.45) is 4.06. The fourth-order valence-corrected chi connectivity index (χ4v) is 4.51. The zero-order valence-electron chi connectivity index (χ0n) is 17.6. The van der Waals surface area contributed by atoms with Crippen LogP contribution in [0.25, 0.3) is 0 Å². The lowest BCUT2D eigenvalue weighted by molar-refractivity contribution is 0.253. The monoisotopic (exact) mass is 416 g/mol. The molecule has 0 radical (unpaired) electrons. The van der Waals surface area contributed by atoms with Gasteiger partial charge in [-0.1, -0.05) is 39.3 Å². The van der Waals surface area contributed by atoms with Crippen LogP contribution in [0.4, 0.5) is 11.5 Å². The van der Waals surface area contributed by atoms with Gasteiger partial charge in [-0.15, -0.1) is 0 Å². The van der Waals surface area contributed by atoms with E-state index in [1.807, 2.05) is 18.2 Å². The minimum Gasteiger partial charge on any atom is -0.354 e. The van der Waals surface area contributed by atoms with Crippen LogP contribution >= 0.6 is 0 Å². The zero-order valence-corrected chi connectivity index (χ0v) is 18.5. The molecule has 0 atom stereocenters. The molecule has 6 nitrogen and oxygen atoms in total. The molecule has 0 unspecified atom stereocenters. The fraction of sp³-hybridized carbons (Fsp3) is 0.500. The van der Waals surface area contributed by atoms with Gasteiger partial charge in [-0.2, -0.15) is 0 Å². The number of unbranched alkanes of at least 4 members (excludes halogenated alkanes) is 1. The number of benzene rings is 1. The van der Waals surface area contributed by atoms with Gasteiger partial charge in [-0.3, -0.25) is 9.62 Å². The lowest BCUT2D eigenvalue weighted by Crippen LogP contribution is -2.46. The molecule has 1 saturated heterocycles. The molecule has 1 aliphatic heterocycles. The van der Waals surface area contributed by atoms with Gasteiger partial charge < -0.3 is 4.90 Å². The second-order valence-corrected chi connectivity index (χ2v) is 9.60. The lowest BCUT2D eigenvalue weighted by atomic mass is 10.0. The van der Waals surface area contributed by atoms with Crippen molar-refractivity contribution in [3.63, 3.8) is 0 Å². The molecule has 1 aliphatic rings. The predicted molar refractivity (Wildman–Crippen MR) is 119 cm³/mol. The molecule has 29 heavy (non-hydrogen) atoms. The van der Waals surface area contributed by atoms with E-state index in [1.54, 1.807) is 24.4 Å². The fourth-order valence-electron chi connectivity index (χ4n) is 3.46. The number of aromatic nitrogens is 1. The Balaban J connectivity index is 1.60. The largest absolute Gasteiger partial charge is 0.354 e. The van der Waals surface area contributed by atoms with Crippen molar-refractivity contribution < 1.29 is 8.42 Å². The third-order valence-electron chi connectivity index (χ3n) is 5.38. The van der Waals surface area contributed by atoms with E-state index in [4.69, 9.17) is 0 Å². The van der Waals surface area contributed by atoms with Crippen LogP contribution in [0.2, 0.25) is 0 Å². The van der Waals surface area contributed by atoms with E-state index in [-0.39, 0.29) is 4.90 Å². The van der Waals surface area contributed by atoms with Crippen LogP contribution < -0.4 is 9.62 Å². The van der Waals surface area contributed by atoms with Crippen LogP contribution in [0, 0.1) is 0 Å². The van der Waals surface area contributed by atoms with E-state index in [0.717, 1.165) is 44.1 Å². The zero-order chi connectivity index (χ0) is 20.9. The van der Waals surface area contributed by atoms with Gasteiger partial charge in [0.1, 0.15) is 5.82 Å². The highest BCUT2D eigenvalue weighted by atomic mass is 32.2. The van der Waals surface area contributed by atoms with Gasteiger partial charge in [0.15, 0.2) is 0 Å². The number of nitrogens with zero attached hydrogens (tertiary/aromatic N) is 3. The first kappa shape index (κ1) is 21.6. The Morgan fingerprint density at radius 3 is 2.28 bits per heavy atom. The van der Waals surface area contributed by atoms with Gasteiger partial charge in [0.25, 0.3) is 10.0 Å². The summed E-state index contributed by atoms with van der Waals surface area (Å²) >= 11 is 0. The number of hydrogen-bond donors (Lipinski definition) is 1. The van der Waals surface area contributed by atoms with Crippen molar-refractivity contribution in [2.45, 2.75) is 44.4 Å². The standard InChI is InChI=1S/C22H32N4O2S/c1-4-5-12-25-13-15-26(16-14-25)22-11-8-20(17-23-22)24-29(27,28)21-9-6-19(7-10-21)18(2)3/h6-11,17-18,24H,4-5,12-16H2,1-3H3. The number of piperazine rings is 1. The van der Waals surface area contributed by atoms with Crippen molar-refractivity contribution in [2.75, 3.05) is 42.3 Å². The van der Waals surface area contributed by atoms with E-state index < -0.39 is 10.0 Å². The molecule has 0 aliphatic carbocycles. The second kappa shape index (κ2) is 9.59. The summed E-state index contributed by atoms with van der Waals surface area (Å²) in [4.78, 5) is 9.49. The molecule has 1 aromatic heterocycles. The van der Waals surface area contributed by atoms with Crippen LogP contribution in [-0.4, -0.2) is 51.0 Å². The maximum Gasteiger partial charge on any atom is 0.261 e. The third-order valence-corrected chi connectivity index (χ3v) is 6.78. The van der Waals surface area contributed by atoms with Crippen LogP contribution in [0.1, 0.15) is 45.1 Å². The summed E-state index contributed by atoms with van der Waals surface area (Å²) < 4.78 is 27.9. The molecule has 158 valence electrons. The van der Waals surface area contributed by atoms with Gasteiger partial charge in [0, 0.05) is 26.2 Å². The topological polar surface area (TPSA) is 65.5 Å². The Morgan fingerprint density at radius 1 is 1.03 bits per heavy atom. The summed E-state index contributed by atoms with van der Waals surface area (Å²) in [7, 11) is -3.62. The van der Waals surface area contributed by atoms with Crippen LogP contribution in [0.5, 0.6) is 0 Å². The average molecular weight is 417 g/mol. The Bertz CT molecular complexity index is 872. The highest BCUT2D eigenvalue weighted by Crippen LogP contribution is 2.21. The number of pyridine rings is 1. The normalized spacial score (nSPS) is 15.7. The number of hydrogen-bond acceptors (Lipinski definition) is 5. The van der Waals surface area contributed by atoms with Crippen LogP contribution in [0.15, 0.2) is 47.5 Å². The van der Waals surface area contributed by atoms with E-state index in [1.165, 1.54) is 12.8 Å².